The van der Waals surface area contributed by atoms with Crippen molar-refractivity contribution in [2.24, 2.45) is 0 Å². The van der Waals surface area contributed by atoms with Gasteiger partial charge in [-0.25, -0.2) is 0 Å². The molecule has 0 aliphatic heterocycles. The third kappa shape index (κ3) is 5.66. The molecule has 1 N–H and O–H groups in total. The minimum absolute atomic E-state index is 0.304. The van der Waals surface area contributed by atoms with Crippen molar-refractivity contribution in [3.63, 3.8) is 0 Å². The zero-order chi connectivity index (χ0) is 12.7. The van der Waals surface area contributed by atoms with E-state index >= 15 is 0 Å². The Balaban J connectivity index is 2.36. The maximum atomic E-state index is 8.73. The Morgan fingerprint density at radius 2 is 2.00 bits per heavy atom. The number of benzene rings is 1. The predicted molar refractivity (Wildman–Crippen MR) is 76.4 cm³/mol. The molecule has 0 aliphatic carbocycles. The summed E-state index contributed by atoms with van der Waals surface area (Å²) in [5, 5.41) is 8.73. The van der Waals surface area contributed by atoms with Gasteiger partial charge in [-0.2, -0.15) is 0 Å². The molecule has 0 saturated heterocycles. The highest BCUT2D eigenvalue weighted by Crippen LogP contribution is 2.16. The van der Waals surface area contributed by atoms with Crippen LogP contribution in [0.1, 0.15) is 24.0 Å². The second-order valence-electron chi connectivity index (χ2n) is 4.55. The van der Waals surface area contributed by atoms with Crippen LogP contribution in [0.25, 0.3) is 0 Å². The van der Waals surface area contributed by atoms with E-state index in [-0.39, 0.29) is 0 Å². The molecule has 0 amide bonds. The number of hydrogen-bond donors (Lipinski definition) is 1. The van der Waals surface area contributed by atoms with E-state index in [1.165, 1.54) is 11.1 Å². The molecule has 1 aromatic rings. The molecular weight excluding hydrogens is 278 g/mol. The molecule has 0 radical (unpaired) electrons. The fourth-order valence-electron chi connectivity index (χ4n) is 1.83. The van der Waals surface area contributed by atoms with Gasteiger partial charge in [0.25, 0.3) is 0 Å². The van der Waals surface area contributed by atoms with Crippen LogP contribution in [0.15, 0.2) is 22.7 Å². The van der Waals surface area contributed by atoms with E-state index in [9.17, 15) is 0 Å². The molecular formula is C14H22BrNO. The lowest BCUT2D eigenvalue weighted by molar-refractivity contribution is 0.264. The third-order valence-electron chi connectivity index (χ3n) is 3.02. The molecule has 0 heterocycles. The molecule has 0 unspecified atom stereocenters. The summed E-state index contributed by atoms with van der Waals surface area (Å²) in [7, 11) is 2.14. The number of unbranched alkanes of at least 4 members (excludes halogenated alkanes) is 1. The van der Waals surface area contributed by atoms with Crippen LogP contribution >= 0.6 is 15.9 Å². The number of hydrogen-bond acceptors (Lipinski definition) is 2. The molecule has 96 valence electrons. The Morgan fingerprint density at radius 1 is 1.24 bits per heavy atom. The van der Waals surface area contributed by atoms with Crippen molar-refractivity contribution < 1.29 is 5.11 Å². The first kappa shape index (κ1) is 14.7. The molecule has 3 heteroatoms. The van der Waals surface area contributed by atoms with E-state index in [1.807, 2.05) is 0 Å². The van der Waals surface area contributed by atoms with Crippen LogP contribution in [-0.4, -0.2) is 36.8 Å². The molecule has 1 rings (SSSR count). The van der Waals surface area contributed by atoms with Gasteiger partial charge in [-0.1, -0.05) is 22.0 Å². The average molecular weight is 300 g/mol. The summed E-state index contributed by atoms with van der Waals surface area (Å²) in [6.07, 6.45) is 3.06. The van der Waals surface area contributed by atoms with Crippen LogP contribution in [-0.2, 0) is 6.42 Å². The Kier molecular flexibility index (Phi) is 6.78. The van der Waals surface area contributed by atoms with Crippen molar-refractivity contribution in [2.45, 2.75) is 26.2 Å². The van der Waals surface area contributed by atoms with Crippen LogP contribution in [0.4, 0.5) is 0 Å². The first-order valence-electron chi connectivity index (χ1n) is 6.18. The van der Waals surface area contributed by atoms with Crippen LogP contribution < -0.4 is 0 Å². The quantitative estimate of drug-likeness (QED) is 0.783. The number of halogens is 1. The lowest BCUT2D eigenvalue weighted by Crippen LogP contribution is -2.22. The maximum absolute atomic E-state index is 8.73. The number of aliphatic hydroxyl groups is 1. The first-order chi connectivity index (χ1) is 8.13. The van der Waals surface area contributed by atoms with Crippen molar-refractivity contribution in [3.05, 3.63) is 33.8 Å². The fraction of sp³-hybridized carbons (Fsp3) is 0.571. The Hall–Kier alpha value is -0.380. The molecule has 0 aromatic heterocycles. The molecule has 0 atom stereocenters. The SMILES string of the molecule is Cc1ccc(Br)cc1CCN(C)CCCCO. The molecule has 0 fully saturated rings. The first-order valence-corrected chi connectivity index (χ1v) is 6.97. The summed E-state index contributed by atoms with van der Waals surface area (Å²) in [5.41, 5.74) is 2.77. The van der Waals surface area contributed by atoms with Gasteiger partial charge in [-0.15, -0.1) is 0 Å². The van der Waals surface area contributed by atoms with Crippen LogP contribution in [0.5, 0.6) is 0 Å². The Labute approximate surface area is 113 Å². The van der Waals surface area contributed by atoms with Crippen molar-refractivity contribution in [1.82, 2.24) is 4.90 Å². The summed E-state index contributed by atoms with van der Waals surface area (Å²) in [6.45, 7) is 4.60. The van der Waals surface area contributed by atoms with Crippen LogP contribution in [0.2, 0.25) is 0 Å². The smallest absolute Gasteiger partial charge is 0.0431 e. The summed E-state index contributed by atoms with van der Waals surface area (Å²) >= 11 is 3.51. The van der Waals surface area contributed by atoms with Gasteiger partial charge in [0.2, 0.25) is 0 Å². The van der Waals surface area contributed by atoms with Gasteiger partial charge in [0, 0.05) is 17.6 Å². The van der Waals surface area contributed by atoms with Gasteiger partial charge in [-0.05, 0) is 63.0 Å². The predicted octanol–water partition coefficient (Wildman–Crippen LogP) is 3.00. The fourth-order valence-corrected chi connectivity index (χ4v) is 2.23. The van der Waals surface area contributed by atoms with Crippen molar-refractivity contribution >= 4 is 15.9 Å². The normalized spacial score (nSPS) is 11.1. The average Bonchev–Trinajstić information content (AvgIpc) is 2.31. The summed E-state index contributed by atoms with van der Waals surface area (Å²) in [6, 6.07) is 6.45. The van der Waals surface area contributed by atoms with E-state index in [0.29, 0.717) is 6.61 Å². The summed E-state index contributed by atoms with van der Waals surface area (Å²) in [4.78, 5) is 2.33. The third-order valence-corrected chi connectivity index (χ3v) is 3.52. The largest absolute Gasteiger partial charge is 0.396 e. The number of nitrogens with zero attached hydrogens (tertiary/aromatic N) is 1. The zero-order valence-corrected chi connectivity index (χ0v) is 12.3. The highest BCUT2D eigenvalue weighted by molar-refractivity contribution is 9.10. The minimum Gasteiger partial charge on any atom is -0.396 e. The van der Waals surface area contributed by atoms with Gasteiger partial charge < -0.3 is 10.0 Å². The number of rotatable bonds is 7. The summed E-state index contributed by atoms with van der Waals surface area (Å²) in [5.74, 6) is 0. The Bertz CT molecular complexity index is 341. The highest BCUT2D eigenvalue weighted by Gasteiger charge is 2.02. The minimum atomic E-state index is 0.304. The maximum Gasteiger partial charge on any atom is 0.0431 e. The van der Waals surface area contributed by atoms with Gasteiger partial charge >= 0.3 is 0 Å². The lowest BCUT2D eigenvalue weighted by atomic mass is 10.1. The number of likely N-dealkylation sites (N-methyl/N-ethyl adjacent to an activating group) is 1. The molecule has 0 aliphatic rings. The van der Waals surface area contributed by atoms with E-state index in [2.05, 4.69) is 53.0 Å². The standard InChI is InChI=1S/C14H22BrNO/c1-12-5-6-14(15)11-13(12)7-9-16(2)8-3-4-10-17/h5-6,11,17H,3-4,7-10H2,1-2H3. The van der Waals surface area contributed by atoms with E-state index in [0.717, 1.165) is 36.8 Å². The highest BCUT2D eigenvalue weighted by atomic mass is 79.9. The second-order valence-corrected chi connectivity index (χ2v) is 5.47. The van der Waals surface area contributed by atoms with E-state index < -0.39 is 0 Å². The monoisotopic (exact) mass is 299 g/mol. The van der Waals surface area contributed by atoms with E-state index in [1.54, 1.807) is 0 Å². The van der Waals surface area contributed by atoms with Crippen molar-refractivity contribution in [2.75, 3.05) is 26.7 Å². The number of aryl methyl sites for hydroxylation is 1. The van der Waals surface area contributed by atoms with Crippen molar-refractivity contribution in [1.29, 1.82) is 0 Å². The van der Waals surface area contributed by atoms with Crippen LogP contribution in [0, 0.1) is 6.92 Å². The lowest BCUT2D eigenvalue weighted by Gasteiger charge is -2.17. The van der Waals surface area contributed by atoms with Gasteiger partial charge in [0.05, 0.1) is 0 Å². The Morgan fingerprint density at radius 3 is 2.71 bits per heavy atom. The molecule has 17 heavy (non-hydrogen) atoms. The van der Waals surface area contributed by atoms with E-state index in [4.69, 9.17) is 5.11 Å². The van der Waals surface area contributed by atoms with Gasteiger partial charge in [0.1, 0.15) is 0 Å². The second kappa shape index (κ2) is 7.85. The van der Waals surface area contributed by atoms with Gasteiger partial charge in [0.15, 0.2) is 0 Å². The van der Waals surface area contributed by atoms with Crippen molar-refractivity contribution in [3.8, 4) is 0 Å². The summed E-state index contributed by atoms with van der Waals surface area (Å²) < 4.78 is 1.15. The molecule has 2 nitrogen and oxygen atoms in total. The van der Waals surface area contributed by atoms with Crippen LogP contribution in [0.3, 0.4) is 0 Å². The molecule has 1 aromatic carbocycles. The molecule has 0 spiro atoms. The topological polar surface area (TPSA) is 23.5 Å². The van der Waals surface area contributed by atoms with Gasteiger partial charge in [-0.3, -0.25) is 0 Å². The zero-order valence-electron chi connectivity index (χ0n) is 10.7. The molecule has 0 bridgehead atoms. The molecule has 0 saturated carbocycles. The number of aliphatic hydroxyl groups excluding tert-OH is 1.